The fraction of sp³-hybridized carbons (Fsp3) is 0.467. The van der Waals surface area contributed by atoms with E-state index in [2.05, 4.69) is 18.8 Å². The molecule has 0 amide bonds. The van der Waals surface area contributed by atoms with E-state index in [0.29, 0.717) is 10.8 Å². The van der Waals surface area contributed by atoms with Gasteiger partial charge in [-0.25, -0.2) is 8.42 Å². The van der Waals surface area contributed by atoms with E-state index in [-0.39, 0.29) is 11.8 Å². The number of nitrogens with two attached hydrogens (primary N) is 1. The summed E-state index contributed by atoms with van der Waals surface area (Å²) in [6.07, 6.45) is 2.67. The quantitative estimate of drug-likeness (QED) is 0.889. The van der Waals surface area contributed by atoms with Crippen molar-refractivity contribution in [3.63, 3.8) is 0 Å². The Hall–Kier alpha value is -1.33. The first-order valence-corrected chi connectivity index (χ1v) is 8.58. The Bertz CT molecular complexity index is 702. The number of benzene rings is 1. The Morgan fingerprint density at radius 1 is 1.30 bits per heavy atom. The van der Waals surface area contributed by atoms with Crippen LogP contribution in [-0.4, -0.2) is 25.2 Å². The summed E-state index contributed by atoms with van der Waals surface area (Å²) in [5.74, 6) is 0.506. The summed E-state index contributed by atoms with van der Waals surface area (Å²) >= 11 is 0. The molecule has 1 aromatic carbocycles. The maximum atomic E-state index is 12.0. The van der Waals surface area contributed by atoms with Gasteiger partial charge in [-0.3, -0.25) is 0 Å². The van der Waals surface area contributed by atoms with Gasteiger partial charge >= 0.3 is 0 Å². The fourth-order valence-corrected chi connectivity index (χ4v) is 3.08. The third-order valence-electron chi connectivity index (χ3n) is 3.79. The second-order valence-electron chi connectivity index (χ2n) is 5.54. The number of rotatable bonds is 5. The van der Waals surface area contributed by atoms with Crippen LogP contribution in [0.25, 0.3) is 10.9 Å². The van der Waals surface area contributed by atoms with E-state index in [1.54, 1.807) is 19.1 Å². The molecule has 0 fully saturated rings. The molecule has 5 heteroatoms. The molecule has 1 unspecified atom stereocenters. The lowest BCUT2D eigenvalue weighted by atomic mass is 9.97. The minimum atomic E-state index is -3.17. The molecule has 110 valence electrons. The predicted molar refractivity (Wildman–Crippen MR) is 82.5 cm³/mol. The van der Waals surface area contributed by atoms with Gasteiger partial charge in [0.25, 0.3) is 0 Å². The molecule has 1 heterocycles. The van der Waals surface area contributed by atoms with Crippen molar-refractivity contribution in [3.8, 4) is 0 Å². The van der Waals surface area contributed by atoms with E-state index in [9.17, 15) is 8.42 Å². The second-order valence-corrected chi connectivity index (χ2v) is 7.81. The largest absolute Gasteiger partial charge is 0.361 e. The fourth-order valence-electron chi connectivity index (χ4n) is 2.18. The Kier molecular flexibility index (Phi) is 4.20. The Labute approximate surface area is 120 Å². The van der Waals surface area contributed by atoms with Gasteiger partial charge in [0.2, 0.25) is 0 Å². The van der Waals surface area contributed by atoms with Gasteiger partial charge in [0.05, 0.1) is 10.6 Å². The van der Waals surface area contributed by atoms with Gasteiger partial charge in [-0.15, -0.1) is 0 Å². The monoisotopic (exact) mass is 294 g/mol. The van der Waals surface area contributed by atoms with Crippen LogP contribution in [0.4, 0.5) is 0 Å². The molecule has 0 saturated heterocycles. The Morgan fingerprint density at radius 2 is 2.00 bits per heavy atom. The topological polar surface area (TPSA) is 76.0 Å². The summed E-state index contributed by atoms with van der Waals surface area (Å²) < 4.78 is 23.9. The number of hydrogen-bond acceptors (Lipinski definition) is 3. The van der Waals surface area contributed by atoms with Gasteiger partial charge in [0.15, 0.2) is 9.84 Å². The number of aromatic amines is 1. The molecule has 4 nitrogen and oxygen atoms in total. The molecule has 1 atom stereocenters. The lowest BCUT2D eigenvalue weighted by molar-refractivity contribution is 0.491. The molecular formula is C15H22N2O2S. The van der Waals surface area contributed by atoms with Crippen molar-refractivity contribution in [3.05, 3.63) is 30.0 Å². The van der Waals surface area contributed by atoms with Crippen LogP contribution in [-0.2, 0) is 16.3 Å². The highest BCUT2D eigenvalue weighted by molar-refractivity contribution is 7.91. The van der Waals surface area contributed by atoms with Crippen LogP contribution in [0, 0.1) is 5.92 Å². The van der Waals surface area contributed by atoms with Crippen molar-refractivity contribution in [2.45, 2.75) is 38.1 Å². The van der Waals surface area contributed by atoms with E-state index >= 15 is 0 Å². The predicted octanol–water partition coefficient (Wildman–Crippen LogP) is 2.49. The molecule has 0 aliphatic carbocycles. The Morgan fingerprint density at radius 3 is 2.60 bits per heavy atom. The van der Waals surface area contributed by atoms with E-state index in [1.165, 1.54) is 0 Å². The second kappa shape index (κ2) is 5.58. The van der Waals surface area contributed by atoms with Gasteiger partial charge < -0.3 is 10.7 Å². The highest BCUT2D eigenvalue weighted by Crippen LogP contribution is 2.24. The molecule has 0 radical (unpaired) electrons. The van der Waals surface area contributed by atoms with Crippen molar-refractivity contribution in [1.82, 2.24) is 4.98 Å². The lowest BCUT2D eigenvalue weighted by Gasteiger charge is -2.14. The van der Waals surface area contributed by atoms with Crippen LogP contribution in [0.5, 0.6) is 0 Å². The van der Waals surface area contributed by atoms with Crippen molar-refractivity contribution in [2.24, 2.45) is 11.7 Å². The summed E-state index contributed by atoms with van der Waals surface area (Å²) in [5, 5.41) is 0.954. The van der Waals surface area contributed by atoms with Gasteiger partial charge in [-0.1, -0.05) is 20.8 Å². The Balaban J connectivity index is 2.46. The minimum Gasteiger partial charge on any atom is -0.361 e. The first kappa shape index (κ1) is 15.1. The average molecular weight is 294 g/mol. The highest BCUT2D eigenvalue weighted by atomic mass is 32.2. The van der Waals surface area contributed by atoms with Crippen LogP contribution < -0.4 is 5.73 Å². The molecule has 0 spiro atoms. The lowest BCUT2D eigenvalue weighted by Crippen LogP contribution is -2.28. The van der Waals surface area contributed by atoms with E-state index in [4.69, 9.17) is 5.73 Å². The van der Waals surface area contributed by atoms with Crippen LogP contribution in [0.15, 0.2) is 29.3 Å². The first-order chi connectivity index (χ1) is 9.35. The van der Waals surface area contributed by atoms with Crippen LogP contribution in [0.3, 0.4) is 0 Å². The maximum absolute atomic E-state index is 12.0. The first-order valence-electron chi connectivity index (χ1n) is 6.93. The number of aromatic nitrogens is 1. The van der Waals surface area contributed by atoms with Crippen LogP contribution >= 0.6 is 0 Å². The number of nitrogens with one attached hydrogen (secondary N) is 1. The van der Waals surface area contributed by atoms with E-state index in [1.807, 2.05) is 12.3 Å². The van der Waals surface area contributed by atoms with Crippen molar-refractivity contribution >= 4 is 20.7 Å². The molecule has 0 bridgehead atoms. The van der Waals surface area contributed by atoms with Gasteiger partial charge in [0.1, 0.15) is 0 Å². The average Bonchev–Trinajstić information content (AvgIpc) is 2.81. The molecule has 2 rings (SSSR count). The third-order valence-corrected chi connectivity index (χ3v) is 5.52. The van der Waals surface area contributed by atoms with Crippen molar-refractivity contribution in [1.29, 1.82) is 0 Å². The van der Waals surface area contributed by atoms with E-state index < -0.39 is 9.84 Å². The normalized spacial score (nSPS) is 14.1. The maximum Gasteiger partial charge on any atom is 0.178 e. The molecule has 0 saturated carbocycles. The third kappa shape index (κ3) is 2.88. The number of sulfone groups is 1. The number of H-pyrrole nitrogens is 1. The molecule has 20 heavy (non-hydrogen) atoms. The smallest absolute Gasteiger partial charge is 0.178 e. The molecule has 1 aromatic heterocycles. The molecule has 2 aromatic rings. The summed E-state index contributed by atoms with van der Waals surface area (Å²) in [5.41, 5.74) is 8.14. The zero-order chi connectivity index (χ0) is 14.9. The van der Waals surface area contributed by atoms with Gasteiger partial charge in [0, 0.05) is 23.1 Å². The van der Waals surface area contributed by atoms with Crippen molar-refractivity contribution in [2.75, 3.05) is 5.75 Å². The van der Waals surface area contributed by atoms with E-state index in [0.717, 1.165) is 22.9 Å². The number of hydrogen-bond donors (Lipinski definition) is 2. The standard InChI is InChI=1S/C15H22N2O2S/c1-4-20(18,19)12-5-6-15-13(8-12)11(9-17-15)7-14(16)10(2)3/h5-6,8-10,14,17H,4,7,16H2,1-3H3. The van der Waals surface area contributed by atoms with Crippen LogP contribution in [0.2, 0.25) is 0 Å². The zero-order valence-electron chi connectivity index (χ0n) is 12.2. The molecule has 0 aliphatic rings. The molecule has 3 N–H and O–H groups in total. The zero-order valence-corrected chi connectivity index (χ0v) is 13.0. The summed E-state index contributed by atoms with van der Waals surface area (Å²) in [7, 11) is -3.17. The summed E-state index contributed by atoms with van der Waals surface area (Å²) in [6, 6.07) is 5.31. The van der Waals surface area contributed by atoms with Gasteiger partial charge in [-0.05, 0) is 36.1 Å². The summed E-state index contributed by atoms with van der Waals surface area (Å²) in [6.45, 7) is 5.84. The highest BCUT2D eigenvalue weighted by Gasteiger charge is 2.16. The van der Waals surface area contributed by atoms with Gasteiger partial charge in [-0.2, -0.15) is 0 Å². The summed E-state index contributed by atoms with van der Waals surface area (Å²) in [4.78, 5) is 3.56. The van der Waals surface area contributed by atoms with Crippen LogP contribution in [0.1, 0.15) is 26.3 Å². The van der Waals surface area contributed by atoms with Crippen molar-refractivity contribution < 1.29 is 8.42 Å². The molecule has 0 aliphatic heterocycles. The molecular weight excluding hydrogens is 272 g/mol. The minimum absolute atomic E-state index is 0.0699. The SMILES string of the molecule is CCS(=O)(=O)c1ccc2[nH]cc(CC(N)C(C)C)c2c1. The number of fused-ring (bicyclic) bond motifs is 1.